The maximum absolute atomic E-state index is 14.8. The highest BCUT2D eigenvalue weighted by molar-refractivity contribution is 5.91. The molecule has 0 aliphatic carbocycles. The lowest BCUT2D eigenvalue weighted by molar-refractivity contribution is 0.251. The summed E-state index contributed by atoms with van der Waals surface area (Å²) in [4.78, 5) is 21.6. The second-order valence-corrected chi connectivity index (χ2v) is 9.02. The maximum atomic E-state index is 14.8. The van der Waals surface area contributed by atoms with Crippen LogP contribution in [0.3, 0.4) is 0 Å². The van der Waals surface area contributed by atoms with Gasteiger partial charge in [0.15, 0.2) is 0 Å². The van der Waals surface area contributed by atoms with Gasteiger partial charge in [0.25, 0.3) is 0 Å². The number of benzene rings is 3. The van der Waals surface area contributed by atoms with E-state index in [-0.39, 0.29) is 12.1 Å². The highest BCUT2D eigenvalue weighted by atomic mass is 19.1. The number of hydrogen-bond donors (Lipinski definition) is 2. The van der Waals surface area contributed by atoms with Crippen molar-refractivity contribution in [2.45, 2.75) is 6.54 Å². The quantitative estimate of drug-likeness (QED) is 0.268. The molecular weight excluding hydrogens is 502 g/mol. The van der Waals surface area contributed by atoms with Crippen LogP contribution in [0.25, 0.3) is 39.1 Å². The van der Waals surface area contributed by atoms with Gasteiger partial charge >= 0.3 is 6.03 Å². The Hall–Kier alpha value is -5.25. The molecule has 39 heavy (non-hydrogen) atoms. The number of halogens is 2. The van der Waals surface area contributed by atoms with Gasteiger partial charge in [0, 0.05) is 41.8 Å². The minimum absolute atomic E-state index is 0.194. The van der Waals surface area contributed by atoms with Crippen LogP contribution in [0.15, 0.2) is 96.3 Å². The van der Waals surface area contributed by atoms with Gasteiger partial charge in [-0.05, 0) is 60.2 Å². The SMILES string of the molecule is Cn1cnc(-c2ccc3c(c2)ncn3-c2cc(NC(=O)NCc3ccco3)cc(-c3ccc(F)cc3F)c2)c1. The number of aryl methyl sites for hydroxylation is 1. The van der Waals surface area contributed by atoms with Crippen LogP contribution in [0.2, 0.25) is 0 Å². The maximum Gasteiger partial charge on any atom is 0.319 e. The lowest BCUT2D eigenvalue weighted by atomic mass is 10.0. The Labute approximate surface area is 221 Å². The van der Waals surface area contributed by atoms with E-state index in [9.17, 15) is 13.6 Å². The first kappa shape index (κ1) is 24.1. The average Bonchev–Trinajstić information content (AvgIpc) is 3.68. The summed E-state index contributed by atoms with van der Waals surface area (Å²) in [5.41, 5.74) is 4.99. The number of nitrogens with one attached hydrogen (secondary N) is 2. The monoisotopic (exact) mass is 524 g/mol. The summed E-state index contributed by atoms with van der Waals surface area (Å²) in [7, 11) is 1.91. The number of hydrogen-bond acceptors (Lipinski definition) is 4. The summed E-state index contributed by atoms with van der Waals surface area (Å²) in [6.45, 7) is 0.197. The van der Waals surface area contributed by atoms with Crippen LogP contribution >= 0.6 is 0 Å². The standard InChI is InChI=1S/C29H22F2N6O2/c1-36-15-27(33-16-36)18-4-7-28-26(11-18)34-17-37(28)22-10-19(24-6-5-20(30)12-25(24)31)9-21(13-22)35-29(38)32-14-23-3-2-8-39-23/h2-13,15-17H,14H2,1H3,(H2,32,35,38). The summed E-state index contributed by atoms with van der Waals surface area (Å²) in [5.74, 6) is -0.786. The largest absolute Gasteiger partial charge is 0.467 e. The van der Waals surface area contributed by atoms with Gasteiger partial charge in [-0.15, -0.1) is 0 Å². The summed E-state index contributed by atoms with van der Waals surface area (Å²) in [6.07, 6.45) is 6.84. The third-order valence-corrected chi connectivity index (χ3v) is 6.25. The highest BCUT2D eigenvalue weighted by Gasteiger charge is 2.14. The van der Waals surface area contributed by atoms with E-state index in [1.807, 2.05) is 40.6 Å². The van der Waals surface area contributed by atoms with E-state index in [0.717, 1.165) is 28.4 Å². The van der Waals surface area contributed by atoms with Crippen molar-refractivity contribution in [2.24, 2.45) is 7.05 Å². The molecule has 0 radical (unpaired) electrons. The van der Waals surface area contributed by atoms with Crippen molar-refractivity contribution < 1.29 is 18.0 Å². The van der Waals surface area contributed by atoms with E-state index >= 15 is 0 Å². The fraction of sp³-hybridized carbons (Fsp3) is 0.0690. The Kier molecular flexibility index (Phi) is 6.12. The lowest BCUT2D eigenvalue weighted by Gasteiger charge is -2.14. The number of imidazole rings is 2. The number of furan rings is 1. The zero-order valence-electron chi connectivity index (χ0n) is 20.7. The molecule has 2 amide bonds. The number of urea groups is 1. The van der Waals surface area contributed by atoms with Gasteiger partial charge in [-0.1, -0.05) is 6.07 Å². The zero-order chi connectivity index (χ0) is 26.9. The molecule has 0 bridgehead atoms. The smallest absolute Gasteiger partial charge is 0.319 e. The number of nitrogens with zero attached hydrogens (tertiary/aromatic N) is 4. The highest BCUT2D eigenvalue weighted by Crippen LogP contribution is 2.31. The average molecular weight is 525 g/mol. The van der Waals surface area contributed by atoms with Crippen LogP contribution in [-0.2, 0) is 13.6 Å². The lowest BCUT2D eigenvalue weighted by Crippen LogP contribution is -2.28. The molecular formula is C29H22F2N6O2. The van der Waals surface area contributed by atoms with Crippen molar-refractivity contribution in [1.82, 2.24) is 24.4 Å². The minimum atomic E-state index is -0.712. The summed E-state index contributed by atoms with van der Waals surface area (Å²) >= 11 is 0. The van der Waals surface area contributed by atoms with Crippen molar-refractivity contribution in [3.05, 3.63) is 109 Å². The van der Waals surface area contributed by atoms with Crippen LogP contribution in [0.5, 0.6) is 0 Å². The molecule has 3 aromatic carbocycles. The van der Waals surface area contributed by atoms with Crippen LogP contribution in [-0.4, -0.2) is 25.1 Å². The van der Waals surface area contributed by atoms with E-state index < -0.39 is 17.7 Å². The van der Waals surface area contributed by atoms with Gasteiger partial charge in [-0.3, -0.25) is 4.57 Å². The Morgan fingerprint density at radius 2 is 1.87 bits per heavy atom. The molecule has 3 heterocycles. The number of carbonyl (C=O) groups excluding carboxylic acids is 1. The number of rotatable bonds is 6. The first-order valence-electron chi connectivity index (χ1n) is 12.1. The fourth-order valence-electron chi connectivity index (χ4n) is 4.40. The van der Waals surface area contributed by atoms with Gasteiger partial charge < -0.3 is 19.6 Å². The van der Waals surface area contributed by atoms with E-state index in [1.165, 1.54) is 18.4 Å². The first-order chi connectivity index (χ1) is 18.9. The van der Waals surface area contributed by atoms with Crippen molar-refractivity contribution in [2.75, 3.05) is 5.32 Å². The van der Waals surface area contributed by atoms with Crippen molar-refractivity contribution in [3.8, 4) is 28.1 Å². The van der Waals surface area contributed by atoms with Crippen molar-refractivity contribution in [1.29, 1.82) is 0 Å². The molecule has 10 heteroatoms. The fourth-order valence-corrected chi connectivity index (χ4v) is 4.40. The van der Waals surface area contributed by atoms with Crippen molar-refractivity contribution in [3.63, 3.8) is 0 Å². The summed E-state index contributed by atoms with van der Waals surface area (Å²) in [5, 5.41) is 5.52. The van der Waals surface area contributed by atoms with E-state index in [1.54, 1.807) is 43.0 Å². The Balaban J connectivity index is 1.38. The summed E-state index contributed by atoms with van der Waals surface area (Å²) in [6, 6.07) is 17.4. The molecule has 3 aromatic heterocycles. The second-order valence-electron chi connectivity index (χ2n) is 9.02. The van der Waals surface area contributed by atoms with Crippen molar-refractivity contribution >= 4 is 22.8 Å². The molecule has 0 aliphatic heterocycles. The molecule has 6 aromatic rings. The number of anilines is 1. The van der Waals surface area contributed by atoms with E-state index in [2.05, 4.69) is 20.6 Å². The van der Waals surface area contributed by atoms with Crippen LogP contribution < -0.4 is 10.6 Å². The molecule has 2 N–H and O–H groups in total. The molecule has 0 spiro atoms. The van der Waals surface area contributed by atoms with Gasteiger partial charge in [0.05, 0.1) is 35.9 Å². The predicted molar refractivity (Wildman–Crippen MR) is 143 cm³/mol. The third-order valence-electron chi connectivity index (χ3n) is 6.25. The summed E-state index contributed by atoms with van der Waals surface area (Å²) < 4.78 is 37.3. The van der Waals surface area contributed by atoms with Gasteiger partial charge in [-0.2, -0.15) is 0 Å². The number of amides is 2. The second kappa shape index (κ2) is 9.90. The van der Waals surface area contributed by atoms with Gasteiger partial charge in [-0.25, -0.2) is 23.5 Å². The first-order valence-corrected chi connectivity index (χ1v) is 12.1. The predicted octanol–water partition coefficient (Wildman–Crippen LogP) is 6.29. The number of fused-ring (bicyclic) bond motifs is 1. The molecule has 0 saturated heterocycles. The van der Waals surface area contributed by atoms with Gasteiger partial charge in [0.2, 0.25) is 0 Å². The number of carbonyl (C=O) groups is 1. The molecule has 0 saturated carbocycles. The van der Waals surface area contributed by atoms with Gasteiger partial charge in [0.1, 0.15) is 23.7 Å². The molecule has 0 fully saturated rings. The Morgan fingerprint density at radius 1 is 0.974 bits per heavy atom. The molecule has 0 unspecified atom stereocenters. The van der Waals surface area contributed by atoms with E-state index in [4.69, 9.17) is 4.42 Å². The number of aromatic nitrogens is 4. The zero-order valence-corrected chi connectivity index (χ0v) is 20.7. The Bertz CT molecular complexity index is 1810. The van der Waals surface area contributed by atoms with Crippen LogP contribution in [0, 0.1) is 11.6 Å². The van der Waals surface area contributed by atoms with Crippen LogP contribution in [0.1, 0.15) is 5.76 Å². The molecule has 0 atom stereocenters. The topological polar surface area (TPSA) is 89.9 Å². The minimum Gasteiger partial charge on any atom is -0.467 e. The van der Waals surface area contributed by atoms with E-state index in [0.29, 0.717) is 22.7 Å². The molecule has 0 aliphatic rings. The third kappa shape index (κ3) is 4.99. The molecule has 194 valence electrons. The molecule has 8 nitrogen and oxygen atoms in total. The van der Waals surface area contributed by atoms with Crippen LogP contribution in [0.4, 0.5) is 19.3 Å². The normalized spacial score (nSPS) is 11.2. The Morgan fingerprint density at radius 3 is 2.64 bits per heavy atom. The molecule has 6 rings (SSSR count).